The Balaban J connectivity index is 2.39. The van der Waals surface area contributed by atoms with Crippen LogP contribution in [-0.4, -0.2) is 7.05 Å². The van der Waals surface area contributed by atoms with Gasteiger partial charge >= 0.3 is 0 Å². The molecule has 17 heavy (non-hydrogen) atoms. The van der Waals surface area contributed by atoms with Crippen LogP contribution in [0.1, 0.15) is 11.1 Å². The summed E-state index contributed by atoms with van der Waals surface area (Å²) in [4.78, 5) is 2.12. The molecular formula is C15H14N2. The van der Waals surface area contributed by atoms with Gasteiger partial charge in [0.05, 0.1) is 11.6 Å². The topological polar surface area (TPSA) is 27.0 Å². The molecule has 0 spiro atoms. The molecule has 2 nitrogen and oxygen atoms in total. The van der Waals surface area contributed by atoms with Gasteiger partial charge in [-0.05, 0) is 42.8 Å². The average molecular weight is 222 g/mol. The Morgan fingerprint density at radius 1 is 1.06 bits per heavy atom. The van der Waals surface area contributed by atoms with Crippen molar-refractivity contribution in [3.05, 3.63) is 59.7 Å². The van der Waals surface area contributed by atoms with Gasteiger partial charge in [-0.1, -0.05) is 18.2 Å². The van der Waals surface area contributed by atoms with Crippen molar-refractivity contribution in [2.75, 3.05) is 11.9 Å². The minimum atomic E-state index is 0.702. The molecular weight excluding hydrogens is 208 g/mol. The summed E-state index contributed by atoms with van der Waals surface area (Å²) < 4.78 is 0. The molecule has 0 radical (unpaired) electrons. The van der Waals surface area contributed by atoms with Crippen molar-refractivity contribution in [3.63, 3.8) is 0 Å². The predicted octanol–water partition coefficient (Wildman–Crippen LogP) is 3.63. The smallest absolute Gasteiger partial charge is 0.0991 e. The minimum Gasteiger partial charge on any atom is -0.344 e. The lowest BCUT2D eigenvalue weighted by Gasteiger charge is -2.21. The summed E-state index contributed by atoms with van der Waals surface area (Å²) in [7, 11) is 2.03. The first-order valence-corrected chi connectivity index (χ1v) is 5.52. The monoisotopic (exact) mass is 222 g/mol. The Morgan fingerprint density at radius 3 is 2.35 bits per heavy atom. The molecule has 0 aliphatic heterocycles. The maximum atomic E-state index is 8.84. The van der Waals surface area contributed by atoms with E-state index in [1.165, 1.54) is 0 Å². The van der Waals surface area contributed by atoms with E-state index < -0.39 is 0 Å². The van der Waals surface area contributed by atoms with Crippen LogP contribution < -0.4 is 4.90 Å². The zero-order valence-electron chi connectivity index (χ0n) is 10.0. The molecule has 0 aromatic heterocycles. The van der Waals surface area contributed by atoms with E-state index in [2.05, 4.69) is 23.1 Å². The van der Waals surface area contributed by atoms with Gasteiger partial charge in [-0.2, -0.15) is 5.26 Å². The molecule has 2 heteroatoms. The zero-order valence-corrected chi connectivity index (χ0v) is 10.0. The number of aryl methyl sites for hydroxylation is 1. The van der Waals surface area contributed by atoms with Crippen LogP contribution in [0.2, 0.25) is 0 Å². The third-order valence-electron chi connectivity index (χ3n) is 2.83. The van der Waals surface area contributed by atoms with Crippen LogP contribution in [0.5, 0.6) is 0 Å². The predicted molar refractivity (Wildman–Crippen MR) is 70.4 cm³/mol. The first-order valence-electron chi connectivity index (χ1n) is 5.52. The first kappa shape index (κ1) is 11.2. The molecule has 2 aromatic carbocycles. The van der Waals surface area contributed by atoms with E-state index in [4.69, 9.17) is 5.26 Å². The van der Waals surface area contributed by atoms with Crippen LogP contribution in [-0.2, 0) is 0 Å². The van der Waals surface area contributed by atoms with Crippen molar-refractivity contribution in [3.8, 4) is 6.07 Å². The summed E-state index contributed by atoms with van der Waals surface area (Å²) in [5, 5.41) is 8.84. The molecule has 2 rings (SSSR count). The SMILES string of the molecule is Cc1cc(C#N)ccc1N(C)c1ccccc1. The Hall–Kier alpha value is -2.27. The fourth-order valence-electron chi connectivity index (χ4n) is 1.89. The van der Waals surface area contributed by atoms with Gasteiger partial charge in [0, 0.05) is 18.4 Å². The van der Waals surface area contributed by atoms with Gasteiger partial charge in [0.1, 0.15) is 0 Å². The van der Waals surface area contributed by atoms with E-state index in [9.17, 15) is 0 Å². The number of rotatable bonds is 2. The largest absolute Gasteiger partial charge is 0.344 e. The van der Waals surface area contributed by atoms with Crippen LogP contribution >= 0.6 is 0 Å². The number of nitrogens with zero attached hydrogens (tertiary/aromatic N) is 2. The second-order valence-electron chi connectivity index (χ2n) is 4.01. The zero-order chi connectivity index (χ0) is 12.3. The van der Waals surface area contributed by atoms with E-state index in [-0.39, 0.29) is 0 Å². The lowest BCUT2D eigenvalue weighted by molar-refractivity contribution is 1.18. The van der Waals surface area contributed by atoms with Gasteiger partial charge in [0.15, 0.2) is 0 Å². The summed E-state index contributed by atoms with van der Waals surface area (Å²) in [5.41, 5.74) is 4.07. The third kappa shape index (κ3) is 2.29. The standard InChI is InChI=1S/C15H14N2/c1-12-10-13(11-16)8-9-15(12)17(2)14-6-4-3-5-7-14/h3-10H,1-2H3. The van der Waals surface area contributed by atoms with E-state index in [1.807, 2.05) is 50.4 Å². The molecule has 0 atom stereocenters. The van der Waals surface area contributed by atoms with Crippen molar-refractivity contribution in [1.29, 1.82) is 5.26 Å². The molecule has 84 valence electrons. The van der Waals surface area contributed by atoms with Crippen molar-refractivity contribution < 1.29 is 0 Å². The molecule has 0 saturated carbocycles. The van der Waals surface area contributed by atoms with Gasteiger partial charge < -0.3 is 4.90 Å². The Kier molecular flexibility index (Phi) is 3.11. The van der Waals surface area contributed by atoms with Gasteiger partial charge in [0.2, 0.25) is 0 Å². The van der Waals surface area contributed by atoms with Gasteiger partial charge in [-0.15, -0.1) is 0 Å². The van der Waals surface area contributed by atoms with Crippen LogP contribution in [0, 0.1) is 18.3 Å². The van der Waals surface area contributed by atoms with E-state index in [0.29, 0.717) is 5.56 Å². The van der Waals surface area contributed by atoms with Gasteiger partial charge in [0.25, 0.3) is 0 Å². The molecule has 0 aliphatic rings. The Bertz CT molecular complexity index is 553. The highest BCUT2D eigenvalue weighted by Gasteiger charge is 2.06. The number of para-hydroxylation sites is 1. The Labute approximate surface area is 102 Å². The lowest BCUT2D eigenvalue weighted by Crippen LogP contribution is -2.10. The summed E-state index contributed by atoms with van der Waals surface area (Å²) in [5.74, 6) is 0. The van der Waals surface area contributed by atoms with Crippen molar-refractivity contribution in [1.82, 2.24) is 0 Å². The van der Waals surface area contributed by atoms with Crippen molar-refractivity contribution >= 4 is 11.4 Å². The third-order valence-corrected chi connectivity index (χ3v) is 2.83. The molecule has 0 N–H and O–H groups in total. The second kappa shape index (κ2) is 4.71. The number of anilines is 2. The maximum absolute atomic E-state index is 8.84. The van der Waals surface area contributed by atoms with Crippen molar-refractivity contribution in [2.45, 2.75) is 6.92 Å². The molecule has 0 unspecified atom stereocenters. The normalized spacial score (nSPS) is 9.71. The average Bonchev–Trinajstić information content (AvgIpc) is 2.39. The fourth-order valence-corrected chi connectivity index (χ4v) is 1.89. The number of benzene rings is 2. The molecule has 0 heterocycles. The summed E-state index contributed by atoms with van der Waals surface area (Å²) >= 11 is 0. The fraction of sp³-hybridized carbons (Fsp3) is 0.133. The highest BCUT2D eigenvalue weighted by molar-refractivity contribution is 5.66. The molecule has 0 bridgehead atoms. The molecule has 0 aliphatic carbocycles. The first-order chi connectivity index (χ1) is 8.22. The second-order valence-corrected chi connectivity index (χ2v) is 4.01. The van der Waals surface area contributed by atoms with Gasteiger partial charge in [-0.3, -0.25) is 0 Å². The summed E-state index contributed by atoms with van der Waals surface area (Å²) in [6.45, 7) is 2.02. The van der Waals surface area contributed by atoms with Crippen LogP contribution in [0.3, 0.4) is 0 Å². The molecule has 2 aromatic rings. The minimum absolute atomic E-state index is 0.702. The molecule has 0 saturated heterocycles. The number of hydrogen-bond acceptors (Lipinski definition) is 2. The van der Waals surface area contributed by atoms with E-state index in [1.54, 1.807) is 0 Å². The summed E-state index contributed by atoms with van der Waals surface area (Å²) in [6, 6.07) is 18.1. The maximum Gasteiger partial charge on any atom is 0.0991 e. The lowest BCUT2D eigenvalue weighted by atomic mass is 10.1. The van der Waals surface area contributed by atoms with Crippen LogP contribution in [0.25, 0.3) is 0 Å². The van der Waals surface area contributed by atoms with Crippen LogP contribution in [0.15, 0.2) is 48.5 Å². The highest BCUT2D eigenvalue weighted by atomic mass is 15.1. The summed E-state index contributed by atoms with van der Waals surface area (Å²) in [6.07, 6.45) is 0. The van der Waals surface area contributed by atoms with E-state index >= 15 is 0 Å². The Morgan fingerprint density at radius 2 is 1.76 bits per heavy atom. The van der Waals surface area contributed by atoms with Gasteiger partial charge in [-0.25, -0.2) is 0 Å². The van der Waals surface area contributed by atoms with Crippen molar-refractivity contribution in [2.24, 2.45) is 0 Å². The molecule has 0 fully saturated rings. The number of hydrogen-bond donors (Lipinski definition) is 0. The van der Waals surface area contributed by atoms with E-state index in [0.717, 1.165) is 16.9 Å². The molecule has 0 amide bonds. The van der Waals surface area contributed by atoms with Crippen LogP contribution in [0.4, 0.5) is 11.4 Å². The number of nitriles is 1. The highest BCUT2D eigenvalue weighted by Crippen LogP contribution is 2.26. The quantitative estimate of drug-likeness (QED) is 0.775.